The minimum atomic E-state index is -0.114. The van der Waals surface area contributed by atoms with Gasteiger partial charge in [0.05, 0.1) is 29.7 Å². The molecule has 26 heavy (non-hydrogen) atoms. The van der Waals surface area contributed by atoms with Crippen LogP contribution in [0, 0.1) is 0 Å². The van der Waals surface area contributed by atoms with Crippen LogP contribution in [0.25, 0.3) is 16.6 Å². The number of nitrogens with zero attached hydrogens (tertiary/aromatic N) is 2. The Bertz CT molecular complexity index is 967. The summed E-state index contributed by atoms with van der Waals surface area (Å²) in [5.74, 6) is 1.39. The van der Waals surface area contributed by atoms with E-state index in [1.54, 1.807) is 29.9 Å². The van der Waals surface area contributed by atoms with E-state index in [0.29, 0.717) is 21.7 Å². The topological polar surface area (TPSA) is 56.2 Å². The van der Waals surface area contributed by atoms with Crippen molar-refractivity contribution in [1.82, 2.24) is 14.9 Å². The molecule has 0 bridgehead atoms. The first-order chi connectivity index (χ1) is 12.5. The summed E-state index contributed by atoms with van der Waals surface area (Å²) in [7, 11) is 1.62. The lowest BCUT2D eigenvalue weighted by molar-refractivity contribution is 0.414. The molecule has 1 atom stereocenters. The fourth-order valence-electron chi connectivity index (χ4n) is 2.90. The lowest BCUT2D eigenvalue weighted by Gasteiger charge is -2.19. The van der Waals surface area contributed by atoms with Gasteiger partial charge in [-0.25, -0.2) is 4.98 Å². The molecule has 0 aliphatic heterocycles. The molecule has 0 aliphatic rings. The van der Waals surface area contributed by atoms with E-state index < -0.39 is 0 Å². The van der Waals surface area contributed by atoms with E-state index in [9.17, 15) is 4.79 Å². The molecule has 0 saturated carbocycles. The average Bonchev–Trinajstić information content (AvgIpc) is 2.65. The highest BCUT2D eigenvalue weighted by atomic mass is 35.5. The lowest BCUT2D eigenvalue weighted by atomic mass is 10.2. The summed E-state index contributed by atoms with van der Waals surface area (Å²) in [6.07, 6.45) is 0.997. The highest BCUT2D eigenvalue weighted by Crippen LogP contribution is 2.22. The third-order valence-corrected chi connectivity index (χ3v) is 4.51. The molecule has 1 heterocycles. The Labute approximate surface area is 157 Å². The summed E-state index contributed by atoms with van der Waals surface area (Å²) in [5, 5.41) is 4.51. The zero-order valence-corrected chi connectivity index (χ0v) is 15.9. The number of nitrogens with one attached hydrogen (secondary N) is 1. The van der Waals surface area contributed by atoms with E-state index in [1.165, 1.54) is 0 Å². The first kappa shape index (κ1) is 18.4. The van der Waals surface area contributed by atoms with Crippen LogP contribution in [0.15, 0.2) is 47.3 Å². The van der Waals surface area contributed by atoms with E-state index in [-0.39, 0.29) is 11.6 Å². The normalized spacial score (nSPS) is 12.3. The van der Waals surface area contributed by atoms with Gasteiger partial charge in [0, 0.05) is 5.02 Å². The Morgan fingerprint density at radius 3 is 2.62 bits per heavy atom. The van der Waals surface area contributed by atoms with Crippen LogP contribution in [-0.2, 0) is 0 Å². The molecule has 1 N–H and O–H groups in total. The van der Waals surface area contributed by atoms with E-state index in [4.69, 9.17) is 21.3 Å². The second-order valence-corrected chi connectivity index (χ2v) is 6.58. The number of fused-ring (bicyclic) bond motifs is 1. The van der Waals surface area contributed by atoms with Crippen molar-refractivity contribution in [3.05, 3.63) is 63.7 Å². The molecule has 136 valence electrons. The molecular formula is C20H22ClN3O2. The highest BCUT2D eigenvalue weighted by molar-refractivity contribution is 6.31. The van der Waals surface area contributed by atoms with Crippen LogP contribution in [0.1, 0.15) is 32.1 Å². The van der Waals surface area contributed by atoms with Gasteiger partial charge in [0.1, 0.15) is 11.6 Å². The summed E-state index contributed by atoms with van der Waals surface area (Å²) in [4.78, 5) is 18.0. The number of methoxy groups -OCH3 is 1. The van der Waals surface area contributed by atoms with Crippen LogP contribution < -0.4 is 15.6 Å². The molecule has 0 radical (unpaired) electrons. The molecule has 5 nitrogen and oxygen atoms in total. The third kappa shape index (κ3) is 3.59. The van der Waals surface area contributed by atoms with Crippen molar-refractivity contribution in [1.29, 1.82) is 0 Å². The zero-order valence-electron chi connectivity index (χ0n) is 15.1. The zero-order chi connectivity index (χ0) is 18.7. The van der Waals surface area contributed by atoms with Crippen molar-refractivity contribution in [3.63, 3.8) is 0 Å². The van der Waals surface area contributed by atoms with Crippen molar-refractivity contribution in [2.75, 3.05) is 13.7 Å². The van der Waals surface area contributed by atoms with Gasteiger partial charge in [0.2, 0.25) is 0 Å². The summed E-state index contributed by atoms with van der Waals surface area (Å²) < 4.78 is 6.88. The number of benzene rings is 2. The fourth-order valence-corrected chi connectivity index (χ4v) is 3.07. The minimum Gasteiger partial charge on any atom is -0.497 e. The minimum absolute atomic E-state index is 0.0897. The highest BCUT2D eigenvalue weighted by Gasteiger charge is 2.17. The Kier molecular flexibility index (Phi) is 5.59. The monoisotopic (exact) mass is 371 g/mol. The van der Waals surface area contributed by atoms with Crippen molar-refractivity contribution < 1.29 is 4.74 Å². The number of halogens is 1. The summed E-state index contributed by atoms with van der Waals surface area (Å²) in [6, 6.07) is 12.5. The predicted molar refractivity (Wildman–Crippen MR) is 106 cm³/mol. The second-order valence-electron chi connectivity index (χ2n) is 6.15. The van der Waals surface area contributed by atoms with Crippen LogP contribution in [-0.4, -0.2) is 23.2 Å². The summed E-state index contributed by atoms with van der Waals surface area (Å²) in [5.41, 5.74) is 1.24. The maximum absolute atomic E-state index is 13.2. The Hall–Kier alpha value is -2.37. The summed E-state index contributed by atoms with van der Waals surface area (Å²) in [6.45, 7) is 4.95. The number of aromatic nitrogens is 2. The van der Waals surface area contributed by atoms with Crippen molar-refractivity contribution >= 4 is 22.5 Å². The SMILES string of the molecule is CCCNC(C)c1nc2cc(Cl)ccc2c(=O)n1-c1ccc(OC)cc1. The molecule has 0 fully saturated rings. The maximum atomic E-state index is 13.2. The molecule has 0 amide bonds. The van der Waals surface area contributed by atoms with Crippen LogP contribution in [0.4, 0.5) is 0 Å². The maximum Gasteiger partial charge on any atom is 0.266 e. The standard InChI is InChI=1S/C20H22ClN3O2/c1-4-11-22-13(2)19-23-18-12-14(21)5-10-17(18)20(25)24(19)15-6-8-16(26-3)9-7-15/h5-10,12-13,22H,4,11H2,1-3H3. The molecule has 2 aromatic carbocycles. The first-order valence-electron chi connectivity index (χ1n) is 8.65. The fraction of sp³-hybridized carbons (Fsp3) is 0.300. The molecule has 1 unspecified atom stereocenters. The lowest BCUT2D eigenvalue weighted by Crippen LogP contribution is -2.30. The molecule has 3 rings (SSSR count). The van der Waals surface area contributed by atoms with Crippen molar-refractivity contribution in [3.8, 4) is 11.4 Å². The van der Waals surface area contributed by atoms with Gasteiger partial charge in [-0.2, -0.15) is 0 Å². The van der Waals surface area contributed by atoms with Gasteiger partial charge < -0.3 is 10.1 Å². The Balaban J connectivity index is 2.24. The quantitative estimate of drug-likeness (QED) is 0.708. The molecule has 0 spiro atoms. The third-order valence-electron chi connectivity index (χ3n) is 4.28. The predicted octanol–water partition coefficient (Wildman–Crippen LogP) is 4.11. The average molecular weight is 372 g/mol. The Morgan fingerprint density at radius 2 is 1.96 bits per heavy atom. The van der Waals surface area contributed by atoms with E-state index in [1.807, 2.05) is 31.2 Å². The van der Waals surface area contributed by atoms with Gasteiger partial charge in [-0.3, -0.25) is 9.36 Å². The van der Waals surface area contributed by atoms with E-state index in [0.717, 1.165) is 24.4 Å². The van der Waals surface area contributed by atoms with Crippen molar-refractivity contribution in [2.45, 2.75) is 26.3 Å². The first-order valence-corrected chi connectivity index (χ1v) is 9.03. The van der Waals surface area contributed by atoms with Crippen molar-refractivity contribution in [2.24, 2.45) is 0 Å². The number of hydrogen-bond donors (Lipinski definition) is 1. The molecule has 1 aromatic heterocycles. The molecule has 6 heteroatoms. The smallest absolute Gasteiger partial charge is 0.266 e. The van der Waals surface area contributed by atoms with Crippen LogP contribution in [0.3, 0.4) is 0 Å². The summed E-state index contributed by atoms with van der Waals surface area (Å²) >= 11 is 6.10. The van der Waals surface area contributed by atoms with Crippen LogP contribution in [0.5, 0.6) is 5.75 Å². The molecule has 0 aliphatic carbocycles. The number of hydrogen-bond acceptors (Lipinski definition) is 4. The van der Waals surface area contributed by atoms with E-state index in [2.05, 4.69) is 12.2 Å². The van der Waals surface area contributed by atoms with Crippen LogP contribution >= 0.6 is 11.6 Å². The second kappa shape index (κ2) is 7.89. The Morgan fingerprint density at radius 1 is 1.23 bits per heavy atom. The van der Waals surface area contributed by atoms with Gasteiger partial charge in [-0.1, -0.05) is 18.5 Å². The largest absolute Gasteiger partial charge is 0.497 e. The molecule has 0 saturated heterocycles. The number of rotatable bonds is 6. The van der Waals surface area contributed by atoms with Gasteiger partial charge >= 0.3 is 0 Å². The van der Waals surface area contributed by atoms with Gasteiger partial charge in [-0.05, 0) is 62.4 Å². The van der Waals surface area contributed by atoms with E-state index >= 15 is 0 Å². The van der Waals surface area contributed by atoms with Crippen LogP contribution in [0.2, 0.25) is 5.02 Å². The van der Waals surface area contributed by atoms with Gasteiger partial charge in [-0.15, -0.1) is 0 Å². The molecular weight excluding hydrogens is 350 g/mol. The molecule has 3 aromatic rings. The number of ether oxygens (including phenoxy) is 1. The van der Waals surface area contributed by atoms with Gasteiger partial charge in [0.15, 0.2) is 0 Å². The van der Waals surface area contributed by atoms with Gasteiger partial charge in [0.25, 0.3) is 5.56 Å².